The number of carbonyl (C=O) groups is 1. The van der Waals surface area contributed by atoms with Crippen LogP contribution in [0.1, 0.15) is 21.0 Å². The Kier molecular flexibility index (Phi) is 4.39. The molecule has 0 N–H and O–H groups in total. The summed E-state index contributed by atoms with van der Waals surface area (Å²) in [6, 6.07) is 3.24. The summed E-state index contributed by atoms with van der Waals surface area (Å²) in [5.74, 6) is -1.20. The predicted octanol–water partition coefficient (Wildman–Crippen LogP) is 3.12. The standard InChI is InChI=1S/C15H16F3N3O2S/c1-9-12(19-23-13(9)15(16,17)18)10-3-4-11(24-10)14(22)21-7-5-20(2)6-8-21/h3-4H,5-8H2,1-2H3. The van der Waals surface area contributed by atoms with E-state index in [-0.39, 0.29) is 17.2 Å². The Hall–Kier alpha value is -1.87. The number of likely N-dealkylation sites (N-methyl/N-ethyl adjacent to an activating group) is 1. The third-order valence-electron chi connectivity index (χ3n) is 4.02. The van der Waals surface area contributed by atoms with Crippen LogP contribution in [0.4, 0.5) is 13.2 Å². The number of rotatable bonds is 2. The van der Waals surface area contributed by atoms with Crippen molar-refractivity contribution < 1.29 is 22.5 Å². The molecule has 0 bridgehead atoms. The van der Waals surface area contributed by atoms with Gasteiger partial charge < -0.3 is 14.3 Å². The zero-order chi connectivity index (χ0) is 17.5. The van der Waals surface area contributed by atoms with Gasteiger partial charge in [0, 0.05) is 31.7 Å². The van der Waals surface area contributed by atoms with Crippen LogP contribution in [0.5, 0.6) is 0 Å². The highest BCUT2D eigenvalue weighted by Gasteiger charge is 2.39. The van der Waals surface area contributed by atoms with Gasteiger partial charge in [0.15, 0.2) is 0 Å². The van der Waals surface area contributed by atoms with E-state index in [1.165, 1.54) is 6.92 Å². The lowest BCUT2D eigenvalue weighted by Gasteiger charge is -2.32. The lowest BCUT2D eigenvalue weighted by molar-refractivity contribution is -0.156. The molecule has 2 aromatic rings. The fourth-order valence-electron chi connectivity index (χ4n) is 2.58. The minimum Gasteiger partial charge on any atom is -0.351 e. The Morgan fingerprint density at radius 1 is 1.25 bits per heavy atom. The topological polar surface area (TPSA) is 49.6 Å². The van der Waals surface area contributed by atoms with Crippen molar-refractivity contribution in [2.45, 2.75) is 13.1 Å². The molecule has 1 amide bonds. The number of halogens is 3. The summed E-state index contributed by atoms with van der Waals surface area (Å²) < 4.78 is 42.8. The van der Waals surface area contributed by atoms with Crippen molar-refractivity contribution >= 4 is 17.2 Å². The largest absolute Gasteiger partial charge is 0.452 e. The van der Waals surface area contributed by atoms with Gasteiger partial charge in [-0.3, -0.25) is 4.79 Å². The number of nitrogens with zero attached hydrogens (tertiary/aromatic N) is 3. The van der Waals surface area contributed by atoms with Gasteiger partial charge in [-0.05, 0) is 26.1 Å². The van der Waals surface area contributed by atoms with Gasteiger partial charge in [-0.1, -0.05) is 5.16 Å². The molecule has 24 heavy (non-hydrogen) atoms. The number of aromatic nitrogens is 1. The maximum Gasteiger partial charge on any atom is 0.452 e. The van der Waals surface area contributed by atoms with Crippen molar-refractivity contribution in [2.75, 3.05) is 33.2 Å². The smallest absolute Gasteiger partial charge is 0.351 e. The van der Waals surface area contributed by atoms with Crippen LogP contribution in [0.15, 0.2) is 16.7 Å². The molecule has 0 radical (unpaired) electrons. The second-order valence-corrected chi connectivity index (χ2v) is 6.83. The van der Waals surface area contributed by atoms with Gasteiger partial charge in [0.25, 0.3) is 5.91 Å². The normalized spacial score (nSPS) is 16.6. The van der Waals surface area contributed by atoms with Crippen molar-refractivity contribution in [3.05, 3.63) is 28.3 Å². The number of alkyl halides is 3. The Labute approximate surface area is 140 Å². The molecule has 0 aromatic carbocycles. The van der Waals surface area contributed by atoms with Gasteiger partial charge in [-0.25, -0.2) is 0 Å². The van der Waals surface area contributed by atoms with E-state index in [1.54, 1.807) is 17.0 Å². The molecular formula is C15H16F3N3O2S. The van der Waals surface area contributed by atoms with E-state index in [4.69, 9.17) is 0 Å². The first-order chi connectivity index (χ1) is 11.3. The van der Waals surface area contributed by atoms with Gasteiger partial charge in [0.05, 0.1) is 9.75 Å². The van der Waals surface area contributed by atoms with Crippen LogP contribution in [0.2, 0.25) is 0 Å². The van der Waals surface area contributed by atoms with Gasteiger partial charge in [0.1, 0.15) is 5.69 Å². The Bertz CT molecular complexity index is 745. The van der Waals surface area contributed by atoms with Crippen molar-refractivity contribution in [2.24, 2.45) is 0 Å². The van der Waals surface area contributed by atoms with Crippen LogP contribution in [-0.4, -0.2) is 54.1 Å². The predicted molar refractivity (Wildman–Crippen MR) is 83.0 cm³/mol. The number of carbonyl (C=O) groups excluding carboxylic acids is 1. The maximum absolute atomic E-state index is 12.8. The molecule has 2 aromatic heterocycles. The molecule has 0 spiro atoms. The zero-order valence-corrected chi connectivity index (χ0v) is 14.0. The second-order valence-electron chi connectivity index (χ2n) is 5.74. The molecule has 130 valence electrons. The van der Waals surface area contributed by atoms with Crippen LogP contribution in [0, 0.1) is 6.92 Å². The number of thiophene rings is 1. The monoisotopic (exact) mass is 359 g/mol. The molecule has 3 rings (SSSR count). The van der Waals surface area contributed by atoms with Crippen LogP contribution in [-0.2, 0) is 6.18 Å². The highest BCUT2D eigenvalue weighted by Crippen LogP contribution is 2.38. The number of amides is 1. The van der Waals surface area contributed by atoms with Gasteiger partial charge >= 0.3 is 6.18 Å². The Morgan fingerprint density at radius 2 is 1.92 bits per heavy atom. The molecule has 0 saturated carbocycles. The van der Waals surface area contributed by atoms with Gasteiger partial charge in [0.2, 0.25) is 5.76 Å². The summed E-state index contributed by atoms with van der Waals surface area (Å²) in [5, 5.41) is 3.53. The quantitative estimate of drug-likeness (QED) is 0.827. The SMILES string of the molecule is Cc1c(-c2ccc(C(=O)N3CCN(C)CC3)s2)noc1C(F)(F)F. The van der Waals surface area contributed by atoms with E-state index >= 15 is 0 Å². The Morgan fingerprint density at radius 3 is 2.50 bits per heavy atom. The van der Waals surface area contributed by atoms with Crippen molar-refractivity contribution in [3.8, 4) is 10.6 Å². The number of hydrogen-bond acceptors (Lipinski definition) is 5. The average Bonchev–Trinajstić information content (AvgIpc) is 3.13. The van der Waals surface area contributed by atoms with Crippen molar-refractivity contribution in [1.29, 1.82) is 0 Å². The fourth-order valence-corrected chi connectivity index (χ4v) is 3.59. The van der Waals surface area contributed by atoms with E-state index in [2.05, 4.69) is 14.6 Å². The molecule has 1 aliphatic rings. The first-order valence-electron chi connectivity index (χ1n) is 7.39. The van der Waals surface area contributed by atoms with Crippen molar-refractivity contribution in [1.82, 2.24) is 15.0 Å². The molecule has 3 heterocycles. The summed E-state index contributed by atoms with van der Waals surface area (Å²) in [5.41, 5.74) is 0.0627. The summed E-state index contributed by atoms with van der Waals surface area (Å²) in [6.45, 7) is 4.21. The average molecular weight is 359 g/mol. The van der Waals surface area contributed by atoms with Crippen LogP contribution < -0.4 is 0 Å². The van der Waals surface area contributed by atoms with Crippen LogP contribution in [0.3, 0.4) is 0 Å². The molecule has 0 unspecified atom stereocenters. The molecule has 1 saturated heterocycles. The third kappa shape index (κ3) is 3.18. The van der Waals surface area contributed by atoms with E-state index in [0.717, 1.165) is 24.4 Å². The minimum absolute atomic E-state index is 0.0667. The second kappa shape index (κ2) is 6.21. The highest BCUT2D eigenvalue weighted by atomic mass is 32.1. The zero-order valence-electron chi connectivity index (χ0n) is 13.2. The Balaban J connectivity index is 1.81. The van der Waals surface area contributed by atoms with Gasteiger partial charge in [-0.2, -0.15) is 13.2 Å². The first kappa shape index (κ1) is 17.0. The van der Waals surface area contributed by atoms with E-state index < -0.39 is 11.9 Å². The lowest BCUT2D eigenvalue weighted by atomic mass is 10.2. The molecule has 0 atom stereocenters. The van der Waals surface area contributed by atoms with Crippen molar-refractivity contribution in [3.63, 3.8) is 0 Å². The number of hydrogen-bond donors (Lipinski definition) is 0. The lowest BCUT2D eigenvalue weighted by Crippen LogP contribution is -2.46. The summed E-state index contributed by atoms with van der Waals surface area (Å²) in [7, 11) is 2.00. The summed E-state index contributed by atoms with van der Waals surface area (Å²) in [6.07, 6.45) is -4.58. The van der Waals surface area contributed by atoms with Crippen LogP contribution in [0.25, 0.3) is 10.6 Å². The minimum atomic E-state index is -4.58. The molecule has 9 heteroatoms. The molecule has 5 nitrogen and oxygen atoms in total. The highest BCUT2D eigenvalue weighted by molar-refractivity contribution is 7.17. The summed E-state index contributed by atoms with van der Waals surface area (Å²) >= 11 is 1.13. The molecule has 0 aliphatic carbocycles. The molecule has 1 aliphatic heterocycles. The van der Waals surface area contributed by atoms with E-state index in [9.17, 15) is 18.0 Å². The van der Waals surface area contributed by atoms with E-state index in [0.29, 0.717) is 22.8 Å². The number of piperazine rings is 1. The van der Waals surface area contributed by atoms with E-state index in [1.807, 2.05) is 7.05 Å². The first-order valence-corrected chi connectivity index (χ1v) is 8.20. The fraction of sp³-hybridized carbons (Fsp3) is 0.467. The summed E-state index contributed by atoms with van der Waals surface area (Å²) in [4.78, 5) is 17.4. The third-order valence-corrected chi connectivity index (χ3v) is 5.10. The van der Waals surface area contributed by atoms with Gasteiger partial charge in [-0.15, -0.1) is 11.3 Å². The van der Waals surface area contributed by atoms with Crippen LogP contribution >= 0.6 is 11.3 Å². The molecule has 1 fully saturated rings. The molecular weight excluding hydrogens is 343 g/mol. The maximum atomic E-state index is 12.8.